The van der Waals surface area contributed by atoms with Crippen LogP contribution in [0.5, 0.6) is 0 Å². The fourth-order valence-corrected chi connectivity index (χ4v) is 2.19. The van der Waals surface area contributed by atoms with Crippen molar-refractivity contribution in [3.8, 4) is 0 Å². The minimum atomic E-state index is -0.655. The van der Waals surface area contributed by atoms with Crippen LogP contribution < -0.4 is 15.5 Å². The first-order chi connectivity index (χ1) is 9.94. The molecule has 1 heterocycles. The van der Waals surface area contributed by atoms with E-state index in [2.05, 4.69) is 10.6 Å². The van der Waals surface area contributed by atoms with Gasteiger partial charge in [-0.05, 0) is 38.6 Å². The van der Waals surface area contributed by atoms with Crippen LogP contribution in [0.3, 0.4) is 0 Å². The van der Waals surface area contributed by atoms with Crippen molar-refractivity contribution in [1.82, 2.24) is 5.32 Å². The molecule has 0 atom stereocenters. The number of nitrogens with one attached hydrogen (secondary N) is 2. The minimum Gasteiger partial charge on any atom is -0.447 e. The quantitative estimate of drug-likeness (QED) is 0.870. The monoisotopic (exact) mass is 291 g/mol. The van der Waals surface area contributed by atoms with Gasteiger partial charge in [0.1, 0.15) is 6.61 Å². The molecule has 1 aliphatic rings. The minimum absolute atomic E-state index is 0.120. The topological polar surface area (TPSA) is 70.7 Å². The van der Waals surface area contributed by atoms with E-state index < -0.39 is 5.54 Å². The molecule has 0 aromatic heterocycles. The second-order valence-corrected chi connectivity index (χ2v) is 5.43. The highest BCUT2D eigenvalue weighted by atomic mass is 16.6. The molecule has 0 radical (unpaired) electrons. The third-order valence-electron chi connectivity index (χ3n) is 3.36. The molecule has 0 bridgehead atoms. The van der Waals surface area contributed by atoms with Gasteiger partial charge in [0.05, 0.1) is 12.1 Å². The van der Waals surface area contributed by atoms with E-state index in [-0.39, 0.29) is 12.0 Å². The highest BCUT2D eigenvalue weighted by Gasteiger charge is 2.27. The van der Waals surface area contributed by atoms with Crippen LogP contribution in [0.1, 0.15) is 20.8 Å². The molecule has 1 aromatic carbocycles. The number of hydrogen-bond acceptors (Lipinski definition) is 4. The van der Waals surface area contributed by atoms with E-state index in [0.29, 0.717) is 25.4 Å². The number of rotatable bonds is 5. The standard InChI is InChI=1S/C15H21N3O3/c1-4-16-15(2,3)13(19)17-11-6-5-7-12(10-11)18-8-9-21-14(18)20/h5-7,10,16H,4,8-9H2,1-3H3,(H,17,19). The van der Waals surface area contributed by atoms with Gasteiger partial charge in [0.15, 0.2) is 0 Å². The summed E-state index contributed by atoms with van der Waals surface area (Å²) in [6, 6.07) is 7.19. The van der Waals surface area contributed by atoms with Crippen LogP contribution in [0.25, 0.3) is 0 Å². The molecule has 21 heavy (non-hydrogen) atoms. The maximum Gasteiger partial charge on any atom is 0.414 e. The Morgan fingerprint density at radius 3 is 2.81 bits per heavy atom. The molecule has 1 saturated heterocycles. The Morgan fingerprint density at radius 2 is 2.19 bits per heavy atom. The van der Waals surface area contributed by atoms with Crippen LogP contribution in [0.2, 0.25) is 0 Å². The van der Waals surface area contributed by atoms with Crippen molar-refractivity contribution in [2.24, 2.45) is 0 Å². The number of ether oxygens (including phenoxy) is 1. The summed E-state index contributed by atoms with van der Waals surface area (Å²) in [5, 5.41) is 5.99. The molecule has 2 N–H and O–H groups in total. The first-order valence-corrected chi connectivity index (χ1v) is 7.05. The number of carbonyl (C=O) groups excluding carboxylic acids is 2. The molecule has 6 heteroatoms. The Hall–Kier alpha value is -2.08. The molecule has 0 aliphatic carbocycles. The summed E-state index contributed by atoms with van der Waals surface area (Å²) in [6.45, 7) is 7.23. The smallest absolute Gasteiger partial charge is 0.414 e. The molecule has 2 rings (SSSR count). The lowest BCUT2D eigenvalue weighted by Gasteiger charge is -2.24. The summed E-state index contributed by atoms with van der Waals surface area (Å²) in [5.41, 5.74) is 0.719. The Balaban J connectivity index is 2.11. The highest BCUT2D eigenvalue weighted by molar-refractivity contribution is 5.98. The van der Waals surface area contributed by atoms with Crippen molar-refractivity contribution in [2.45, 2.75) is 26.3 Å². The van der Waals surface area contributed by atoms with E-state index >= 15 is 0 Å². The van der Waals surface area contributed by atoms with Crippen molar-refractivity contribution in [1.29, 1.82) is 0 Å². The van der Waals surface area contributed by atoms with E-state index in [1.807, 2.05) is 26.8 Å². The highest BCUT2D eigenvalue weighted by Crippen LogP contribution is 2.23. The fraction of sp³-hybridized carbons (Fsp3) is 0.467. The Kier molecular flexibility index (Phi) is 4.47. The number of nitrogens with zero attached hydrogens (tertiary/aromatic N) is 1. The van der Waals surface area contributed by atoms with Gasteiger partial charge in [0.2, 0.25) is 5.91 Å². The summed E-state index contributed by atoms with van der Waals surface area (Å²) in [4.78, 5) is 25.3. The van der Waals surface area contributed by atoms with Gasteiger partial charge in [0.25, 0.3) is 0 Å². The van der Waals surface area contributed by atoms with E-state index in [4.69, 9.17) is 4.74 Å². The zero-order chi connectivity index (χ0) is 15.5. The average Bonchev–Trinajstić information content (AvgIpc) is 2.85. The Morgan fingerprint density at radius 1 is 1.43 bits per heavy atom. The Bertz CT molecular complexity index is 543. The molecule has 6 nitrogen and oxygen atoms in total. The molecular formula is C15H21N3O3. The molecule has 1 aliphatic heterocycles. The Labute approximate surface area is 124 Å². The fourth-order valence-electron chi connectivity index (χ4n) is 2.19. The summed E-state index contributed by atoms with van der Waals surface area (Å²) in [5.74, 6) is -0.120. The van der Waals surface area contributed by atoms with E-state index in [1.54, 1.807) is 23.1 Å². The van der Waals surface area contributed by atoms with Crippen molar-refractivity contribution in [3.05, 3.63) is 24.3 Å². The zero-order valence-electron chi connectivity index (χ0n) is 12.6. The SMILES string of the molecule is CCNC(C)(C)C(=O)Nc1cccc(N2CCOC2=O)c1. The molecule has 114 valence electrons. The van der Waals surface area contributed by atoms with E-state index in [1.165, 1.54) is 0 Å². The van der Waals surface area contributed by atoms with Crippen LogP contribution in [0.4, 0.5) is 16.2 Å². The third kappa shape index (κ3) is 3.52. The summed E-state index contributed by atoms with van der Waals surface area (Å²) in [7, 11) is 0. The number of hydrogen-bond donors (Lipinski definition) is 2. The van der Waals surface area contributed by atoms with Gasteiger partial charge in [-0.15, -0.1) is 0 Å². The van der Waals surface area contributed by atoms with E-state index in [9.17, 15) is 9.59 Å². The third-order valence-corrected chi connectivity index (χ3v) is 3.36. The number of carbonyl (C=O) groups is 2. The van der Waals surface area contributed by atoms with E-state index in [0.717, 1.165) is 5.69 Å². The van der Waals surface area contributed by atoms with Crippen LogP contribution in [-0.2, 0) is 9.53 Å². The lowest BCUT2D eigenvalue weighted by molar-refractivity contribution is -0.121. The van der Waals surface area contributed by atoms with Gasteiger partial charge in [-0.25, -0.2) is 4.79 Å². The number of cyclic esters (lactones) is 1. The molecule has 1 fully saturated rings. The molecule has 0 saturated carbocycles. The van der Waals surface area contributed by atoms with Crippen molar-refractivity contribution < 1.29 is 14.3 Å². The van der Waals surface area contributed by atoms with Crippen LogP contribution in [0.15, 0.2) is 24.3 Å². The number of benzene rings is 1. The van der Waals surface area contributed by atoms with Crippen molar-refractivity contribution >= 4 is 23.4 Å². The number of amides is 2. The summed E-state index contributed by atoms with van der Waals surface area (Å²) in [6.07, 6.45) is -0.355. The first-order valence-electron chi connectivity index (χ1n) is 7.05. The van der Waals surface area contributed by atoms with Gasteiger partial charge >= 0.3 is 6.09 Å². The lowest BCUT2D eigenvalue weighted by Crippen LogP contribution is -2.49. The summed E-state index contributed by atoms with van der Waals surface area (Å²) < 4.78 is 4.92. The summed E-state index contributed by atoms with van der Waals surface area (Å²) >= 11 is 0. The molecule has 2 amide bonds. The molecule has 0 unspecified atom stereocenters. The van der Waals surface area contributed by atoms with Crippen LogP contribution in [-0.4, -0.2) is 37.2 Å². The number of likely N-dealkylation sites (N-methyl/N-ethyl adjacent to an activating group) is 1. The molecule has 1 aromatic rings. The second kappa shape index (κ2) is 6.13. The maximum absolute atomic E-state index is 12.2. The first kappa shape index (κ1) is 15.3. The second-order valence-electron chi connectivity index (χ2n) is 5.43. The maximum atomic E-state index is 12.2. The molecular weight excluding hydrogens is 270 g/mol. The van der Waals surface area contributed by atoms with Gasteiger partial charge < -0.3 is 15.4 Å². The van der Waals surface area contributed by atoms with Gasteiger partial charge in [-0.2, -0.15) is 0 Å². The largest absolute Gasteiger partial charge is 0.447 e. The van der Waals surface area contributed by atoms with Gasteiger partial charge in [0, 0.05) is 11.4 Å². The van der Waals surface area contributed by atoms with Gasteiger partial charge in [-0.1, -0.05) is 13.0 Å². The lowest BCUT2D eigenvalue weighted by atomic mass is 10.0. The normalized spacial score (nSPS) is 15.0. The predicted octanol–water partition coefficient (Wildman–Crippen LogP) is 1.97. The predicted molar refractivity (Wildman–Crippen MR) is 81.5 cm³/mol. The average molecular weight is 291 g/mol. The zero-order valence-corrected chi connectivity index (χ0v) is 12.6. The molecule has 0 spiro atoms. The van der Waals surface area contributed by atoms with Crippen LogP contribution in [0, 0.1) is 0 Å². The van der Waals surface area contributed by atoms with Gasteiger partial charge in [-0.3, -0.25) is 9.69 Å². The number of anilines is 2. The van der Waals surface area contributed by atoms with Crippen molar-refractivity contribution in [2.75, 3.05) is 29.9 Å². The van der Waals surface area contributed by atoms with Crippen LogP contribution >= 0.6 is 0 Å². The van der Waals surface area contributed by atoms with Crippen molar-refractivity contribution in [3.63, 3.8) is 0 Å².